The van der Waals surface area contributed by atoms with Crippen molar-refractivity contribution in [1.29, 1.82) is 0 Å². The summed E-state index contributed by atoms with van der Waals surface area (Å²) in [6.45, 7) is 13.2. The smallest absolute Gasteiger partial charge is 0.415 e. The number of fused-ring (bicyclic) bond motifs is 3. The highest BCUT2D eigenvalue weighted by atomic mass is 16.6. The Balaban J connectivity index is 1.55. The molecule has 206 valence electrons. The standard InChI is InChI=1S/C31H37N3O5/c1-7-33(8-2)28(37)38-24-14-13-23-22(15-18-34(23)19-21-11-9-20(3)10-12-21)25(24)32-26(35)31-17-16-30(6,27(36)39-31)29(31,4)5/h9-15,18H,7-8,16-17,19H2,1-6H3,(H,32,35)/t30-,31?/m0/s1. The number of aryl methyl sites for hydroxylation is 1. The first kappa shape index (κ1) is 26.8. The van der Waals surface area contributed by atoms with Crippen molar-refractivity contribution >= 4 is 34.6 Å². The zero-order chi connectivity index (χ0) is 28.2. The summed E-state index contributed by atoms with van der Waals surface area (Å²) in [6, 6.07) is 13.9. The molecule has 2 aliphatic rings. The lowest BCUT2D eigenvalue weighted by Crippen LogP contribution is -2.50. The van der Waals surface area contributed by atoms with Crippen LogP contribution < -0.4 is 10.1 Å². The first-order chi connectivity index (χ1) is 18.5. The van der Waals surface area contributed by atoms with Crippen LogP contribution in [0.4, 0.5) is 10.5 Å². The van der Waals surface area contributed by atoms with Crippen molar-refractivity contribution < 1.29 is 23.9 Å². The van der Waals surface area contributed by atoms with Crippen LogP contribution in [0.1, 0.15) is 58.6 Å². The Bertz CT molecular complexity index is 1450. The van der Waals surface area contributed by atoms with Gasteiger partial charge in [0.1, 0.15) is 0 Å². The zero-order valence-electron chi connectivity index (χ0n) is 23.6. The number of aromatic nitrogens is 1. The van der Waals surface area contributed by atoms with Crippen molar-refractivity contribution in [2.24, 2.45) is 10.8 Å². The number of nitrogens with one attached hydrogen (secondary N) is 1. The lowest BCUT2D eigenvalue weighted by Gasteiger charge is -2.35. The number of carbonyl (C=O) groups is 3. The molecule has 1 saturated heterocycles. The minimum atomic E-state index is -1.30. The van der Waals surface area contributed by atoms with Crippen molar-refractivity contribution in [3.05, 3.63) is 59.8 Å². The van der Waals surface area contributed by atoms with E-state index in [2.05, 4.69) is 41.1 Å². The molecular weight excluding hydrogens is 494 g/mol. The van der Waals surface area contributed by atoms with Gasteiger partial charge in [0.25, 0.3) is 5.91 Å². The molecule has 1 aromatic heterocycles. The highest BCUT2D eigenvalue weighted by Crippen LogP contribution is 2.65. The molecule has 1 aliphatic heterocycles. The largest absolute Gasteiger partial charge is 0.448 e. The van der Waals surface area contributed by atoms with Crippen LogP contribution in [0.5, 0.6) is 5.75 Å². The molecule has 3 aromatic rings. The Labute approximate surface area is 229 Å². The predicted octanol–water partition coefficient (Wildman–Crippen LogP) is 5.90. The lowest BCUT2D eigenvalue weighted by atomic mass is 9.66. The van der Waals surface area contributed by atoms with E-state index in [9.17, 15) is 14.4 Å². The summed E-state index contributed by atoms with van der Waals surface area (Å²) in [5.74, 6) is -0.495. The molecule has 1 saturated carbocycles. The molecule has 5 rings (SSSR count). The van der Waals surface area contributed by atoms with Crippen LogP contribution in [0.25, 0.3) is 10.9 Å². The summed E-state index contributed by atoms with van der Waals surface area (Å²) in [5.41, 5.74) is 0.873. The number of hydrogen-bond acceptors (Lipinski definition) is 5. The average molecular weight is 532 g/mol. The quantitative estimate of drug-likeness (QED) is 0.384. The van der Waals surface area contributed by atoms with E-state index in [0.29, 0.717) is 38.2 Å². The van der Waals surface area contributed by atoms with Gasteiger partial charge in [0.05, 0.1) is 16.6 Å². The molecule has 2 fully saturated rings. The highest BCUT2D eigenvalue weighted by Gasteiger charge is 2.75. The van der Waals surface area contributed by atoms with Crippen LogP contribution in [0, 0.1) is 17.8 Å². The van der Waals surface area contributed by atoms with E-state index >= 15 is 0 Å². The monoisotopic (exact) mass is 531 g/mol. The van der Waals surface area contributed by atoms with Crippen LogP contribution >= 0.6 is 0 Å². The van der Waals surface area contributed by atoms with Crippen LogP contribution in [-0.2, 0) is 20.9 Å². The van der Waals surface area contributed by atoms with Gasteiger partial charge in [-0.1, -0.05) is 43.7 Å². The third-order valence-corrected chi connectivity index (χ3v) is 9.30. The molecule has 39 heavy (non-hydrogen) atoms. The Hall–Kier alpha value is -3.81. The first-order valence-electron chi connectivity index (χ1n) is 13.7. The number of ether oxygens (including phenoxy) is 2. The molecular formula is C31H37N3O5. The van der Waals surface area contributed by atoms with Gasteiger partial charge in [-0.2, -0.15) is 0 Å². The number of hydrogen-bond donors (Lipinski definition) is 1. The first-order valence-corrected chi connectivity index (χ1v) is 13.7. The fraction of sp³-hybridized carbons (Fsp3) is 0.452. The number of nitrogens with zero attached hydrogens (tertiary/aromatic N) is 2. The molecule has 0 spiro atoms. The van der Waals surface area contributed by atoms with Gasteiger partial charge in [-0.15, -0.1) is 0 Å². The number of rotatable bonds is 7. The Morgan fingerprint density at radius 3 is 2.31 bits per heavy atom. The molecule has 1 unspecified atom stereocenters. The second-order valence-electron chi connectivity index (χ2n) is 11.5. The minimum Gasteiger partial charge on any atom is -0.448 e. The van der Waals surface area contributed by atoms with Crippen LogP contribution in [0.2, 0.25) is 0 Å². The third kappa shape index (κ3) is 3.99. The Morgan fingerprint density at radius 2 is 1.72 bits per heavy atom. The molecule has 2 atom stereocenters. The number of carbonyl (C=O) groups excluding carboxylic acids is 3. The molecule has 2 bridgehead atoms. The maximum absolute atomic E-state index is 14.0. The van der Waals surface area contributed by atoms with Crippen LogP contribution in [0.15, 0.2) is 48.7 Å². The SMILES string of the molecule is CCN(CC)C(=O)Oc1ccc2c(ccn2Cc2ccc(C)cc2)c1NC(=O)C12CC[C@@](C)(C(=O)O1)C2(C)C. The van der Waals surface area contributed by atoms with Crippen LogP contribution in [0.3, 0.4) is 0 Å². The summed E-state index contributed by atoms with van der Waals surface area (Å²) in [7, 11) is 0. The second kappa shape index (κ2) is 9.43. The summed E-state index contributed by atoms with van der Waals surface area (Å²) in [5, 5.41) is 3.78. The fourth-order valence-corrected chi connectivity index (χ4v) is 6.10. The molecule has 8 nitrogen and oxygen atoms in total. The maximum atomic E-state index is 14.0. The van der Waals surface area contributed by atoms with Gasteiger partial charge in [0.2, 0.25) is 0 Å². The van der Waals surface area contributed by atoms with Gasteiger partial charge in [-0.3, -0.25) is 9.59 Å². The highest BCUT2D eigenvalue weighted by molar-refractivity contribution is 6.09. The molecule has 8 heteroatoms. The van der Waals surface area contributed by atoms with E-state index in [0.717, 1.165) is 16.5 Å². The van der Waals surface area contributed by atoms with Gasteiger partial charge in [-0.25, -0.2) is 4.79 Å². The second-order valence-corrected chi connectivity index (χ2v) is 11.5. The van der Waals surface area contributed by atoms with Gasteiger partial charge in [-0.05, 0) is 64.3 Å². The van der Waals surface area contributed by atoms with Gasteiger partial charge in [0, 0.05) is 36.6 Å². The van der Waals surface area contributed by atoms with Crippen molar-refractivity contribution in [3.8, 4) is 5.75 Å². The fourth-order valence-electron chi connectivity index (χ4n) is 6.10. The van der Waals surface area contributed by atoms with Gasteiger partial charge in [0.15, 0.2) is 11.4 Å². The predicted molar refractivity (Wildman–Crippen MR) is 150 cm³/mol. The maximum Gasteiger partial charge on any atom is 0.415 e. The normalized spacial score (nSPS) is 23.1. The Kier molecular flexibility index (Phi) is 6.48. The summed E-state index contributed by atoms with van der Waals surface area (Å²) in [6.07, 6.45) is 2.48. The van der Waals surface area contributed by atoms with Crippen LogP contribution in [-0.4, -0.2) is 46.1 Å². The third-order valence-electron chi connectivity index (χ3n) is 9.30. The van der Waals surface area contributed by atoms with Gasteiger partial charge < -0.3 is 24.3 Å². The molecule has 2 heterocycles. The molecule has 1 N–H and O–H groups in total. The van der Waals surface area contributed by atoms with Crippen molar-refractivity contribution in [1.82, 2.24) is 9.47 Å². The molecule has 0 radical (unpaired) electrons. The van der Waals surface area contributed by atoms with Gasteiger partial charge >= 0.3 is 12.1 Å². The Morgan fingerprint density at radius 1 is 1.03 bits per heavy atom. The molecule has 1 aliphatic carbocycles. The minimum absolute atomic E-state index is 0.250. The molecule has 2 amide bonds. The topological polar surface area (TPSA) is 89.9 Å². The van der Waals surface area contributed by atoms with E-state index in [1.165, 1.54) is 5.56 Å². The van der Waals surface area contributed by atoms with Crippen molar-refractivity contribution in [3.63, 3.8) is 0 Å². The number of amides is 2. The summed E-state index contributed by atoms with van der Waals surface area (Å²) >= 11 is 0. The average Bonchev–Trinajstić information content (AvgIpc) is 3.44. The summed E-state index contributed by atoms with van der Waals surface area (Å²) < 4.78 is 13.7. The number of benzene rings is 2. The molecule has 2 aromatic carbocycles. The van der Waals surface area contributed by atoms with E-state index in [1.807, 2.05) is 52.9 Å². The number of esters is 1. The van der Waals surface area contributed by atoms with Crippen molar-refractivity contribution in [2.75, 3.05) is 18.4 Å². The zero-order valence-corrected chi connectivity index (χ0v) is 23.6. The van der Waals surface area contributed by atoms with E-state index in [4.69, 9.17) is 9.47 Å². The van der Waals surface area contributed by atoms with E-state index in [1.54, 1.807) is 11.0 Å². The van der Waals surface area contributed by atoms with E-state index < -0.39 is 28.4 Å². The summed E-state index contributed by atoms with van der Waals surface area (Å²) in [4.78, 5) is 41.3. The number of anilines is 1. The van der Waals surface area contributed by atoms with Crippen molar-refractivity contribution in [2.45, 2.75) is 66.5 Å². The lowest BCUT2D eigenvalue weighted by molar-refractivity contribution is -0.165. The van der Waals surface area contributed by atoms with E-state index in [-0.39, 0.29) is 11.7 Å².